The van der Waals surface area contributed by atoms with Gasteiger partial charge in [-0.1, -0.05) is 24.3 Å². The number of thiazole rings is 1. The Morgan fingerprint density at radius 1 is 1.07 bits per heavy atom. The number of sulfonamides is 1. The normalized spacial score (nSPS) is 15.6. The van der Waals surface area contributed by atoms with Crippen molar-refractivity contribution in [3.63, 3.8) is 0 Å². The molecule has 1 saturated heterocycles. The Morgan fingerprint density at radius 3 is 2.53 bits per heavy atom. The van der Waals surface area contributed by atoms with Crippen molar-refractivity contribution in [1.82, 2.24) is 8.87 Å². The van der Waals surface area contributed by atoms with Gasteiger partial charge in [-0.25, -0.2) is 8.42 Å². The largest absolute Gasteiger partial charge is 0.497 e. The summed E-state index contributed by atoms with van der Waals surface area (Å²) in [4.78, 5) is 14.6. The summed E-state index contributed by atoms with van der Waals surface area (Å²) in [5, 5.41) is 0. The summed E-state index contributed by atoms with van der Waals surface area (Å²) in [6.45, 7) is 4.68. The summed E-state index contributed by atoms with van der Waals surface area (Å²) < 4.78 is 35.6. The number of methoxy groups -OCH3 is 1. The van der Waals surface area contributed by atoms with Gasteiger partial charge in [0.05, 0.1) is 22.2 Å². The molecule has 1 aliphatic rings. The SMILES string of the molecule is CCCn1c(=O)sc2cc(S(=O)(=O)N3CCN(c4cccc(OC)c4)CC3)ccc21. The number of rotatable bonds is 6. The predicted octanol–water partition coefficient (Wildman–Crippen LogP) is 2.99. The molecule has 0 N–H and O–H groups in total. The van der Waals surface area contributed by atoms with E-state index in [-0.39, 0.29) is 9.77 Å². The molecule has 0 unspecified atom stereocenters. The van der Waals surface area contributed by atoms with Crippen LogP contribution in [-0.2, 0) is 16.6 Å². The summed E-state index contributed by atoms with van der Waals surface area (Å²) in [6, 6.07) is 12.8. The van der Waals surface area contributed by atoms with E-state index < -0.39 is 10.0 Å². The maximum Gasteiger partial charge on any atom is 0.308 e. The van der Waals surface area contributed by atoms with Gasteiger partial charge in [0.15, 0.2) is 0 Å². The number of benzene rings is 2. The molecule has 30 heavy (non-hydrogen) atoms. The molecule has 3 aromatic rings. The zero-order valence-corrected chi connectivity index (χ0v) is 18.7. The third-order valence-corrected chi connectivity index (χ3v) is 8.22. The van der Waals surface area contributed by atoms with E-state index >= 15 is 0 Å². The van der Waals surface area contributed by atoms with Crippen LogP contribution in [0.1, 0.15) is 13.3 Å². The number of hydrogen-bond acceptors (Lipinski definition) is 6. The molecule has 0 saturated carbocycles. The van der Waals surface area contributed by atoms with Crippen LogP contribution in [0.4, 0.5) is 5.69 Å². The van der Waals surface area contributed by atoms with E-state index in [1.807, 2.05) is 31.2 Å². The number of piperazine rings is 1. The average molecular weight is 448 g/mol. The average Bonchev–Trinajstić information content (AvgIpc) is 3.08. The van der Waals surface area contributed by atoms with E-state index in [0.717, 1.165) is 34.7 Å². The van der Waals surface area contributed by atoms with E-state index in [2.05, 4.69) is 4.90 Å². The summed E-state index contributed by atoms with van der Waals surface area (Å²) in [5.41, 5.74) is 1.82. The lowest BCUT2D eigenvalue weighted by Gasteiger charge is -2.35. The Bertz CT molecular complexity index is 1210. The quantitative estimate of drug-likeness (QED) is 0.581. The van der Waals surface area contributed by atoms with Crippen molar-refractivity contribution in [3.05, 3.63) is 52.1 Å². The number of hydrogen-bond donors (Lipinski definition) is 0. The fourth-order valence-corrected chi connectivity index (χ4v) is 6.27. The second kappa shape index (κ2) is 8.41. The van der Waals surface area contributed by atoms with Gasteiger partial charge in [0, 0.05) is 44.5 Å². The minimum atomic E-state index is -3.61. The Kier molecular flexibility index (Phi) is 5.86. The number of fused-ring (bicyclic) bond motifs is 1. The topological polar surface area (TPSA) is 71.9 Å². The molecule has 0 atom stereocenters. The van der Waals surface area contributed by atoms with Crippen LogP contribution in [-0.4, -0.2) is 50.6 Å². The zero-order valence-electron chi connectivity index (χ0n) is 17.1. The zero-order chi connectivity index (χ0) is 21.3. The lowest BCUT2D eigenvalue weighted by molar-refractivity contribution is 0.384. The van der Waals surface area contributed by atoms with Crippen LogP contribution in [0.15, 0.2) is 52.2 Å². The molecule has 1 aromatic heterocycles. The molecular weight excluding hydrogens is 422 g/mol. The van der Waals surface area contributed by atoms with Crippen LogP contribution in [0.25, 0.3) is 10.2 Å². The lowest BCUT2D eigenvalue weighted by Crippen LogP contribution is -2.48. The number of anilines is 1. The van der Waals surface area contributed by atoms with Gasteiger partial charge in [-0.2, -0.15) is 4.31 Å². The standard InChI is InChI=1S/C21H25N3O4S2/c1-3-9-24-19-8-7-18(15-20(19)29-21(24)25)30(26,27)23-12-10-22(11-13-23)16-5-4-6-17(14-16)28-2/h4-8,14-15H,3,9-13H2,1-2H3. The van der Waals surface area contributed by atoms with Crippen molar-refractivity contribution in [1.29, 1.82) is 0 Å². The van der Waals surface area contributed by atoms with Crippen LogP contribution in [0.3, 0.4) is 0 Å². The molecule has 9 heteroatoms. The molecule has 0 spiro atoms. The maximum absolute atomic E-state index is 13.2. The van der Waals surface area contributed by atoms with E-state index in [1.165, 1.54) is 4.31 Å². The second-order valence-corrected chi connectivity index (χ2v) is 10.2. The molecule has 160 valence electrons. The molecular formula is C21H25N3O4S2. The lowest BCUT2D eigenvalue weighted by atomic mass is 10.2. The van der Waals surface area contributed by atoms with Crippen LogP contribution in [0, 0.1) is 0 Å². The van der Waals surface area contributed by atoms with E-state index in [9.17, 15) is 13.2 Å². The van der Waals surface area contributed by atoms with Crippen molar-refractivity contribution in [2.24, 2.45) is 0 Å². The highest BCUT2D eigenvalue weighted by molar-refractivity contribution is 7.89. The van der Waals surface area contributed by atoms with Crippen LogP contribution in [0.2, 0.25) is 0 Å². The van der Waals surface area contributed by atoms with Crippen LogP contribution >= 0.6 is 11.3 Å². The summed E-state index contributed by atoms with van der Waals surface area (Å²) in [5.74, 6) is 0.782. The predicted molar refractivity (Wildman–Crippen MR) is 120 cm³/mol. The van der Waals surface area contributed by atoms with Crippen molar-refractivity contribution >= 4 is 37.3 Å². The van der Waals surface area contributed by atoms with Gasteiger partial charge in [0.1, 0.15) is 5.75 Å². The first kappa shape index (κ1) is 20.9. The minimum absolute atomic E-state index is 0.0479. The molecule has 0 amide bonds. The highest BCUT2D eigenvalue weighted by Gasteiger charge is 2.29. The van der Waals surface area contributed by atoms with E-state index in [1.54, 1.807) is 29.9 Å². The van der Waals surface area contributed by atoms with Gasteiger partial charge >= 0.3 is 4.87 Å². The smallest absolute Gasteiger partial charge is 0.308 e. The molecule has 0 radical (unpaired) electrons. The van der Waals surface area contributed by atoms with Crippen molar-refractivity contribution in [2.45, 2.75) is 24.8 Å². The minimum Gasteiger partial charge on any atom is -0.497 e. The first-order valence-electron chi connectivity index (χ1n) is 9.96. The maximum atomic E-state index is 13.2. The Hall–Kier alpha value is -2.36. The van der Waals surface area contributed by atoms with Gasteiger partial charge in [0.25, 0.3) is 0 Å². The summed E-state index contributed by atoms with van der Waals surface area (Å²) >= 11 is 1.10. The van der Waals surface area contributed by atoms with Gasteiger partial charge in [0.2, 0.25) is 10.0 Å². The van der Waals surface area contributed by atoms with E-state index in [4.69, 9.17) is 4.74 Å². The molecule has 7 nitrogen and oxygen atoms in total. The third-order valence-electron chi connectivity index (χ3n) is 5.38. The Labute approximate surface area is 180 Å². The first-order valence-corrected chi connectivity index (χ1v) is 12.2. The van der Waals surface area contributed by atoms with Gasteiger partial charge < -0.3 is 9.64 Å². The fourth-order valence-electron chi connectivity index (χ4n) is 3.79. The number of aryl methyl sites for hydroxylation is 1. The Morgan fingerprint density at radius 2 is 1.83 bits per heavy atom. The molecule has 0 aliphatic carbocycles. The van der Waals surface area contributed by atoms with Crippen LogP contribution < -0.4 is 14.5 Å². The van der Waals surface area contributed by atoms with E-state index in [0.29, 0.717) is 37.4 Å². The van der Waals surface area contributed by atoms with Crippen molar-refractivity contribution < 1.29 is 13.2 Å². The number of ether oxygens (including phenoxy) is 1. The second-order valence-electron chi connectivity index (χ2n) is 7.24. The number of aromatic nitrogens is 1. The molecule has 0 bridgehead atoms. The highest BCUT2D eigenvalue weighted by Crippen LogP contribution is 2.27. The van der Waals surface area contributed by atoms with Gasteiger partial charge in [-0.3, -0.25) is 9.36 Å². The third kappa shape index (κ3) is 3.84. The summed E-state index contributed by atoms with van der Waals surface area (Å²) in [6.07, 6.45) is 0.851. The Balaban J connectivity index is 1.54. The first-order chi connectivity index (χ1) is 14.4. The molecule has 4 rings (SSSR count). The molecule has 1 aliphatic heterocycles. The van der Waals surface area contributed by atoms with Crippen LogP contribution in [0.5, 0.6) is 5.75 Å². The highest BCUT2D eigenvalue weighted by atomic mass is 32.2. The van der Waals surface area contributed by atoms with Gasteiger partial charge in [-0.05, 0) is 36.8 Å². The van der Waals surface area contributed by atoms with Gasteiger partial charge in [-0.15, -0.1) is 0 Å². The van der Waals surface area contributed by atoms with Crippen molar-refractivity contribution in [3.8, 4) is 5.75 Å². The molecule has 2 aromatic carbocycles. The number of nitrogens with zero attached hydrogens (tertiary/aromatic N) is 3. The fraction of sp³-hybridized carbons (Fsp3) is 0.381. The van der Waals surface area contributed by atoms with Crippen molar-refractivity contribution in [2.75, 3.05) is 38.2 Å². The molecule has 2 heterocycles. The summed E-state index contributed by atoms with van der Waals surface area (Å²) in [7, 11) is -1.98. The monoisotopic (exact) mass is 447 g/mol. The molecule has 1 fully saturated rings.